The second-order valence-corrected chi connectivity index (χ2v) is 7.08. The second kappa shape index (κ2) is 4.36. The summed E-state index contributed by atoms with van der Waals surface area (Å²) >= 11 is 0. The number of hydrogen-bond acceptors (Lipinski definition) is 4. The SMILES string of the molecule is CCc1ccc(C2C(S(C)(=O)=O)C2(C#N)C#N)cc1. The maximum atomic E-state index is 11.7. The Kier molecular flexibility index (Phi) is 3.12. The van der Waals surface area contributed by atoms with Gasteiger partial charge in [-0.05, 0) is 17.5 Å². The van der Waals surface area contributed by atoms with Crippen molar-refractivity contribution in [2.45, 2.75) is 24.5 Å². The number of nitriles is 2. The van der Waals surface area contributed by atoms with Gasteiger partial charge in [-0.1, -0.05) is 31.2 Å². The van der Waals surface area contributed by atoms with Crippen molar-refractivity contribution in [3.63, 3.8) is 0 Å². The van der Waals surface area contributed by atoms with Crippen molar-refractivity contribution in [3.05, 3.63) is 35.4 Å². The first-order valence-corrected chi connectivity index (χ1v) is 7.96. The highest BCUT2D eigenvalue weighted by atomic mass is 32.2. The van der Waals surface area contributed by atoms with Crippen LogP contribution in [0, 0.1) is 28.1 Å². The molecule has 19 heavy (non-hydrogen) atoms. The van der Waals surface area contributed by atoms with E-state index < -0.39 is 26.4 Å². The summed E-state index contributed by atoms with van der Waals surface area (Å²) in [5.41, 5.74) is 0.456. The fourth-order valence-electron chi connectivity index (χ4n) is 2.63. The van der Waals surface area contributed by atoms with Crippen molar-refractivity contribution >= 4 is 9.84 Å². The molecule has 98 valence electrons. The van der Waals surface area contributed by atoms with E-state index in [9.17, 15) is 18.9 Å². The molecule has 1 saturated carbocycles. The Balaban J connectivity index is 2.45. The summed E-state index contributed by atoms with van der Waals surface area (Å²) in [4.78, 5) is 0. The maximum absolute atomic E-state index is 11.7. The minimum atomic E-state index is -3.42. The minimum Gasteiger partial charge on any atom is -0.229 e. The zero-order valence-corrected chi connectivity index (χ0v) is 11.6. The monoisotopic (exact) mass is 274 g/mol. The average Bonchev–Trinajstić information content (AvgIpc) is 3.09. The minimum absolute atomic E-state index is 0.539. The van der Waals surface area contributed by atoms with E-state index in [2.05, 4.69) is 0 Å². The third kappa shape index (κ3) is 2.01. The van der Waals surface area contributed by atoms with Crippen LogP contribution in [-0.4, -0.2) is 19.9 Å². The van der Waals surface area contributed by atoms with E-state index in [-0.39, 0.29) is 0 Å². The van der Waals surface area contributed by atoms with Crippen LogP contribution in [0.3, 0.4) is 0 Å². The van der Waals surface area contributed by atoms with Crippen LogP contribution in [0.15, 0.2) is 24.3 Å². The van der Waals surface area contributed by atoms with E-state index in [0.717, 1.165) is 23.8 Å². The molecule has 4 nitrogen and oxygen atoms in total. The van der Waals surface area contributed by atoms with Crippen molar-refractivity contribution in [2.75, 3.05) is 6.26 Å². The molecule has 0 amide bonds. The highest BCUT2D eigenvalue weighted by Crippen LogP contribution is 2.62. The summed E-state index contributed by atoms with van der Waals surface area (Å²) in [6.45, 7) is 2.03. The van der Waals surface area contributed by atoms with Gasteiger partial charge in [-0.3, -0.25) is 0 Å². The maximum Gasteiger partial charge on any atom is 0.169 e. The van der Waals surface area contributed by atoms with Gasteiger partial charge in [0, 0.05) is 12.2 Å². The van der Waals surface area contributed by atoms with Crippen LogP contribution in [0.4, 0.5) is 0 Å². The summed E-state index contributed by atoms with van der Waals surface area (Å²) < 4.78 is 23.5. The van der Waals surface area contributed by atoms with E-state index in [1.165, 1.54) is 0 Å². The average molecular weight is 274 g/mol. The molecule has 2 atom stereocenters. The van der Waals surface area contributed by atoms with Gasteiger partial charge in [0.25, 0.3) is 0 Å². The third-order valence-corrected chi connectivity index (χ3v) is 5.28. The van der Waals surface area contributed by atoms with Gasteiger partial charge in [-0.15, -0.1) is 0 Å². The zero-order chi connectivity index (χ0) is 14.3. The second-order valence-electron chi connectivity index (χ2n) is 4.92. The van der Waals surface area contributed by atoms with Gasteiger partial charge < -0.3 is 0 Å². The molecule has 1 aromatic carbocycles. The molecule has 0 heterocycles. The Labute approximate surface area is 113 Å². The molecule has 1 aliphatic rings. The quantitative estimate of drug-likeness (QED) is 0.841. The smallest absolute Gasteiger partial charge is 0.169 e. The van der Waals surface area contributed by atoms with Gasteiger partial charge in [0.05, 0.1) is 12.1 Å². The molecule has 2 unspecified atom stereocenters. The van der Waals surface area contributed by atoms with Crippen LogP contribution in [0.2, 0.25) is 0 Å². The van der Waals surface area contributed by atoms with Crippen molar-refractivity contribution in [2.24, 2.45) is 5.41 Å². The van der Waals surface area contributed by atoms with Crippen LogP contribution in [0.5, 0.6) is 0 Å². The predicted octanol–water partition coefficient (Wildman–Crippen LogP) is 1.79. The summed E-state index contributed by atoms with van der Waals surface area (Å²) in [6, 6.07) is 11.2. The van der Waals surface area contributed by atoms with E-state index in [1.807, 2.05) is 43.3 Å². The number of rotatable bonds is 3. The zero-order valence-electron chi connectivity index (χ0n) is 10.8. The lowest BCUT2D eigenvalue weighted by Gasteiger charge is -2.01. The van der Waals surface area contributed by atoms with Gasteiger partial charge in [0.15, 0.2) is 15.3 Å². The lowest BCUT2D eigenvalue weighted by Crippen LogP contribution is -2.11. The first kappa shape index (κ1) is 13.6. The van der Waals surface area contributed by atoms with E-state index in [0.29, 0.717) is 0 Å². The molecule has 0 spiro atoms. The number of aryl methyl sites for hydroxylation is 1. The van der Waals surface area contributed by atoms with Crippen molar-refractivity contribution < 1.29 is 8.42 Å². The highest BCUT2D eigenvalue weighted by molar-refractivity contribution is 7.91. The van der Waals surface area contributed by atoms with Gasteiger partial charge in [-0.25, -0.2) is 8.42 Å². The molecule has 0 radical (unpaired) electrons. The van der Waals surface area contributed by atoms with Crippen LogP contribution in [0.25, 0.3) is 0 Å². The van der Waals surface area contributed by atoms with Crippen LogP contribution in [-0.2, 0) is 16.3 Å². The summed E-state index contributed by atoms with van der Waals surface area (Å²) in [5, 5.41) is 17.5. The summed E-state index contributed by atoms with van der Waals surface area (Å²) in [5.74, 6) is -0.539. The van der Waals surface area contributed by atoms with Gasteiger partial charge in [0.1, 0.15) is 5.25 Å². The normalized spacial score (nSPS) is 24.2. The topological polar surface area (TPSA) is 81.7 Å². The first-order chi connectivity index (χ1) is 8.90. The highest BCUT2D eigenvalue weighted by Gasteiger charge is 2.72. The molecule has 0 N–H and O–H groups in total. The third-order valence-electron chi connectivity index (χ3n) is 3.71. The Morgan fingerprint density at radius 2 is 1.74 bits per heavy atom. The molecular formula is C14H14N2O2S. The number of sulfone groups is 1. The molecule has 2 rings (SSSR count). The van der Waals surface area contributed by atoms with Crippen LogP contribution in [0.1, 0.15) is 24.0 Å². The molecular weight excluding hydrogens is 260 g/mol. The number of hydrogen-bond donors (Lipinski definition) is 0. The largest absolute Gasteiger partial charge is 0.229 e. The van der Waals surface area contributed by atoms with E-state index in [1.54, 1.807) is 0 Å². The van der Waals surface area contributed by atoms with Crippen molar-refractivity contribution in [3.8, 4) is 12.1 Å². The molecule has 5 heteroatoms. The Morgan fingerprint density at radius 3 is 2.05 bits per heavy atom. The number of benzene rings is 1. The Bertz CT molecular complexity index is 664. The molecule has 0 bridgehead atoms. The van der Waals surface area contributed by atoms with Crippen molar-refractivity contribution in [1.29, 1.82) is 10.5 Å². The molecule has 1 aliphatic carbocycles. The van der Waals surface area contributed by atoms with Crippen LogP contribution < -0.4 is 0 Å². The molecule has 1 aromatic rings. The summed E-state index contributed by atoms with van der Waals surface area (Å²) in [7, 11) is -3.42. The standard InChI is InChI=1S/C14H14N2O2S/c1-3-10-4-6-11(7-5-10)12-13(19(2,17)18)14(12,8-15)9-16/h4-7,12-13H,3H2,1-2H3. The fourth-order valence-corrected chi connectivity index (χ4v) is 4.35. The Hall–Kier alpha value is -1.85. The molecule has 1 fully saturated rings. The molecule has 0 aromatic heterocycles. The lowest BCUT2D eigenvalue weighted by molar-refractivity contribution is 0.597. The van der Waals surface area contributed by atoms with E-state index in [4.69, 9.17) is 0 Å². The molecule has 0 saturated heterocycles. The van der Waals surface area contributed by atoms with Gasteiger partial charge in [-0.2, -0.15) is 10.5 Å². The van der Waals surface area contributed by atoms with Gasteiger partial charge >= 0.3 is 0 Å². The molecule has 0 aliphatic heterocycles. The van der Waals surface area contributed by atoms with Gasteiger partial charge in [0.2, 0.25) is 0 Å². The van der Waals surface area contributed by atoms with Crippen LogP contribution >= 0.6 is 0 Å². The Morgan fingerprint density at radius 1 is 1.21 bits per heavy atom. The summed E-state index contributed by atoms with van der Waals surface area (Å²) in [6.07, 6.45) is 1.98. The predicted molar refractivity (Wildman–Crippen MR) is 70.9 cm³/mol. The number of nitrogens with zero attached hydrogens (tertiary/aromatic N) is 2. The van der Waals surface area contributed by atoms with Crippen molar-refractivity contribution in [1.82, 2.24) is 0 Å². The lowest BCUT2D eigenvalue weighted by atomic mass is 10.0. The van der Waals surface area contributed by atoms with E-state index >= 15 is 0 Å². The first-order valence-electron chi connectivity index (χ1n) is 6.01. The fraction of sp³-hybridized carbons (Fsp3) is 0.429.